The Labute approximate surface area is 128 Å². The number of amides is 3. The van der Waals surface area contributed by atoms with E-state index >= 15 is 0 Å². The van der Waals surface area contributed by atoms with Crippen LogP contribution in [0.3, 0.4) is 0 Å². The second-order valence-electron chi connectivity index (χ2n) is 5.53. The van der Waals surface area contributed by atoms with Gasteiger partial charge in [0.15, 0.2) is 0 Å². The number of rotatable bonds is 4. The highest BCUT2D eigenvalue weighted by molar-refractivity contribution is 6.09. The Balaban J connectivity index is 2.06. The first-order valence-electron chi connectivity index (χ1n) is 7.19. The predicted molar refractivity (Wildman–Crippen MR) is 83.4 cm³/mol. The van der Waals surface area contributed by atoms with E-state index in [1.807, 2.05) is 42.5 Å². The number of carbonyl (C=O) groups is 2. The number of imide groups is 1. The fraction of sp³-hybridized carbons (Fsp3) is 0.294. The molecule has 1 saturated heterocycles. The summed E-state index contributed by atoms with van der Waals surface area (Å²) in [6.07, 6.45) is 0. The molecule has 1 heterocycles. The Kier molecular flexibility index (Phi) is 3.58. The van der Waals surface area contributed by atoms with Crippen LogP contribution in [0.1, 0.15) is 12.5 Å². The van der Waals surface area contributed by atoms with E-state index in [0.29, 0.717) is 6.61 Å². The first-order valence-corrected chi connectivity index (χ1v) is 7.19. The van der Waals surface area contributed by atoms with Crippen molar-refractivity contribution in [3.63, 3.8) is 0 Å². The predicted octanol–water partition coefficient (Wildman–Crippen LogP) is 2.25. The highest BCUT2D eigenvalue weighted by Crippen LogP contribution is 2.33. The molecule has 0 unspecified atom stereocenters. The SMILES string of the molecule is COCCN1C(=O)N[C@](C)(c2cccc3ccccc23)C1=O. The summed E-state index contributed by atoms with van der Waals surface area (Å²) in [5.41, 5.74) is -0.241. The average Bonchev–Trinajstić information content (AvgIpc) is 2.75. The molecule has 3 amide bonds. The van der Waals surface area contributed by atoms with Gasteiger partial charge in [-0.1, -0.05) is 42.5 Å². The van der Waals surface area contributed by atoms with Crippen molar-refractivity contribution in [1.29, 1.82) is 0 Å². The Morgan fingerprint density at radius 2 is 1.86 bits per heavy atom. The molecular weight excluding hydrogens is 280 g/mol. The van der Waals surface area contributed by atoms with Crippen molar-refractivity contribution in [1.82, 2.24) is 10.2 Å². The molecule has 0 radical (unpaired) electrons. The monoisotopic (exact) mass is 298 g/mol. The van der Waals surface area contributed by atoms with Crippen LogP contribution in [-0.2, 0) is 15.1 Å². The van der Waals surface area contributed by atoms with Crippen LogP contribution < -0.4 is 5.32 Å². The van der Waals surface area contributed by atoms with Gasteiger partial charge < -0.3 is 10.1 Å². The topological polar surface area (TPSA) is 58.6 Å². The third-order valence-corrected chi connectivity index (χ3v) is 4.12. The Morgan fingerprint density at radius 3 is 2.64 bits per heavy atom. The molecular formula is C17H18N2O3. The van der Waals surface area contributed by atoms with E-state index in [1.165, 1.54) is 4.90 Å². The largest absolute Gasteiger partial charge is 0.383 e. The maximum atomic E-state index is 12.8. The smallest absolute Gasteiger partial charge is 0.325 e. The summed E-state index contributed by atoms with van der Waals surface area (Å²) < 4.78 is 4.97. The molecule has 1 N–H and O–H groups in total. The number of hydrogen-bond donors (Lipinski definition) is 1. The second-order valence-corrected chi connectivity index (χ2v) is 5.53. The molecule has 5 nitrogen and oxygen atoms in total. The van der Waals surface area contributed by atoms with E-state index in [0.717, 1.165) is 16.3 Å². The lowest BCUT2D eigenvalue weighted by Crippen LogP contribution is -2.41. The third kappa shape index (κ3) is 2.14. The third-order valence-electron chi connectivity index (χ3n) is 4.12. The van der Waals surface area contributed by atoms with Crippen molar-refractivity contribution in [2.75, 3.05) is 20.3 Å². The number of ether oxygens (including phenoxy) is 1. The summed E-state index contributed by atoms with van der Waals surface area (Å²) in [5, 5.41) is 4.84. The molecule has 3 rings (SSSR count). The van der Waals surface area contributed by atoms with Crippen LogP contribution in [0, 0.1) is 0 Å². The van der Waals surface area contributed by atoms with Gasteiger partial charge in [0.2, 0.25) is 0 Å². The van der Waals surface area contributed by atoms with Gasteiger partial charge in [-0.2, -0.15) is 0 Å². The molecule has 22 heavy (non-hydrogen) atoms. The molecule has 0 aromatic heterocycles. The zero-order chi connectivity index (χ0) is 15.7. The van der Waals surface area contributed by atoms with Crippen molar-refractivity contribution in [2.24, 2.45) is 0 Å². The van der Waals surface area contributed by atoms with Crippen LogP contribution in [0.2, 0.25) is 0 Å². The minimum Gasteiger partial charge on any atom is -0.383 e. The molecule has 0 spiro atoms. The highest BCUT2D eigenvalue weighted by Gasteiger charge is 2.49. The molecule has 114 valence electrons. The van der Waals surface area contributed by atoms with E-state index in [2.05, 4.69) is 5.32 Å². The number of nitrogens with zero attached hydrogens (tertiary/aromatic N) is 1. The van der Waals surface area contributed by atoms with Gasteiger partial charge in [0, 0.05) is 7.11 Å². The molecule has 1 fully saturated rings. The van der Waals surface area contributed by atoms with Gasteiger partial charge in [-0.25, -0.2) is 4.79 Å². The van der Waals surface area contributed by atoms with Crippen LogP contribution in [-0.4, -0.2) is 37.1 Å². The fourth-order valence-corrected chi connectivity index (χ4v) is 2.93. The van der Waals surface area contributed by atoms with Crippen molar-refractivity contribution in [2.45, 2.75) is 12.5 Å². The lowest BCUT2D eigenvalue weighted by molar-refractivity contribution is -0.131. The summed E-state index contributed by atoms with van der Waals surface area (Å²) in [6, 6.07) is 13.2. The van der Waals surface area contributed by atoms with Crippen LogP contribution in [0.25, 0.3) is 10.8 Å². The van der Waals surface area contributed by atoms with E-state index in [4.69, 9.17) is 4.74 Å². The van der Waals surface area contributed by atoms with Crippen LogP contribution in [0.4, 0.5) is 4.79 Å². The summed E-state index contributed by atoms with van der Waals surface area (Å²) >= 11 is 0. The number of carbonyl (C=O) groups excluding carboxylic acids is 2. The molecule has 0 saturated carbocycles. The van der Waals surface area contributed by atoms with Crippen molar-refractivity contribution in [3.05, 3.63) is 48.0 Å². The summed E-state index contributed by atoms with van der Waals surface area (Å²) in [7, 11) is 1.54. The number of benzene rings is 2. The zero-order valence-corrected chi connectivity index (χ0v) is 12.6. The normalized spacial score (nSPS) is 21.5. The van der Waals surface area contributed by atoms with Gasteiger partial charge in [-0.3, -0.25) is 9.69 Å². The van der Waals surface area contributed by atoms with E-state index in [-0.39, 0.29) is 18.5 Å². The van der Waals surface area contributed by atoms with Crippen LogP contribution in [0.15, 0.2) is 42.5 Å². The summed E-state index contributed by atoms with van der Waals surface area (Å²) in [5.74, 6) is -0.245. The number of hydrogen-bond acceptors (Lipinski definition) is 3. The van der Waals surface area contributed by atoms with Gasteiger partial charge in [-0.15, -0.1) is 0 Å². The lowest BCUT2D eigenvalue weighted by atomic mass is 9.88. The fourth-order valence-electron chi connectivity index (χ4n) is 2.93. The first kappa shape index (κ1) is 14.5. The van der Waals surface area contributed by atoms with Crippen molar-refractivity contribution >= 4 is 22.7 Å². The highest BCUT2D eigenvalue weighted by atomic mass is 16.5. The standard InChI is InChI=1S/C17H18N2O3/c1-17(15(20)19(10-11-22-2)16(21)18-17)14-9-5-7-12-6-3-4-8-13(12)14/h3-9H,10-11H2,1-2H3,(H,18,21)/t17-/m1/s1. The van der Waals surface area contributed by atoms with Gasteiger partial charge in [0.25, 0.3) is 5.91 Å². The Morgan fingerprint density at radius 1 is 1.14 bits per heavy atom. The Hall–Kier alpha value is -2.40. The van der Waals surface area contributed by atoms with E-state index < -0.39 is 5.54 Å². The summed E-state index contributed by atoms with van der Waals surface area (Å²) in [4.78, 5) is 26.1. The van der Waals surface area contributed by atoms with Gasteiger partial charge >= 0.3 is 6.03 Å². The summed E-state index contributed by atoms with van der Waals surface area (Å²) in [6.45, 7) is 2.33. The number of nitrogens with one attached hydrogen (secondary N) is 1. The van der Waals surface area contributed by atoms with Gasteiger partial charge in [-0.05, 0) is 23.3 Å². The number of methoxy groups -OCH3 is 1. The maximum absolute atomic E-state index is 12.8. The minimum absolute atomic E-state index is 0.245. The quantitative estimate of drug-likeness (QED) is 0.881. The molecule has 1 aliphatic rings. The van der Waals surface area contributed by atoms with Crippen LogP contribution in [0.5, 0.6) is 0 Å². The second kappa shape index (κ2) is 5.42. The van der Waals surface area contributed by atoms with E-state index in [1.54, 1.807) is 14.0 Å². The average molecular weight is 298 g/mol. The Bertz CT molecular complexity index is 738. The molecule has 2 aromatic carbocycles. The lowest BCUT2D eigenvalue weighted by Gasteiger charge is -2.24. The molecule has 0 aliphatic carbocycles. The van der Waals surface area contributed by atoms with Crippen molar-refractivity contribution < 1.29 is 14.3 Å². The van der Waals surface area contributed by atoms with Crippen molar-refractivity contribution in [3.8, 4) is 0 Å². The van der Waals surface area contributed by atoms with Gasteiger partial charge in [0.05, 0.1) is 13.2 Å². The molecule has 2 aromatic rings. The molecule has 1 aliphatic heterocycles. The zero-order valence-electron chi connectivity index (χ0n) is 12.6. The molecule has 5 heteroatoms. The first-order chi connectivity index (χ1) is 10.6. The minimum atomic E-state index is -1.05. The van der Waals surface area contributed by atoms with Crippen LogP contribution >= 0.6 is 0 Å². The molecule has 1 atom stereocenters. The maximum Gasteiger partial charge on any atom is 0.325 e. The number of urea groups is 1. The number of fused-ring (bicyclic) bond motifs is 1. The van der Waals surface area contributed by atoms with Gasteiger partial charge in [0.1, 0.15) is 5.54 Å². The van der Waals surface area contributed by atoms with E-state index in [9.17, 15) is 9.59 Å². The molecule has 0 bridgehead atoms.